The van der Waals surface area contributed by atoms with Crippen molar-refractivity contribution >= 4 is 11.6 Å². The molecule has 4 nitrogen and oxygen atoms in total. The van der Waals surface area contributed by atoms with Crippen LogP contribution >= 0.6 is 0 Å². The first-order chi connectivity index (χ1) is 7.91. The fourth-order valence-electron chi connectivity index (χ4n) is 1.72. The van der Waals surface area contributed by atoms with Crippen molar-refractivity contribution in [3.8, 4) is 11.5 Å². The number of carbonyl (C=O) groups is 2. The molecular formula is C13H12O4. The second kappa shape index (κ2) is 3.73. The van der Waals surface area contributed by atoms with Gasteiger partial charge in [-0.1, -0.05) is 0 Å². The number of Topliss-reactive ketones (excluding diaryl/α,β-unsaturated/α-hetero) is 2. The van der Waals surface area contributed by atoms with E-state index in [0.29, 0.717) is 11.3 Å². The molecular weight excluding hydrogens is 220 g/mol. The number of phenols is 1. The Balaban J connectivity index is 2.62. The largest absolute Gasteiger partial charge is 0.507 e. The Morgan fingerprint density at radius 2 is 1.88 bits per heavy atom. The lowest BCUT2D eigenvalue weighted by Gasteiger charge is -2.03. The summed E-state index contributed by atoms with van der Waals surface area (Å²) in [6.07, 6.45) is 0. The third-order valence-electron chi connectivity index (χ3n) is 2.59. The summed E-state index contributed by atoms with van der Waals surface area (Å²) in [5.41, 5.74) is 1.22. The predicted molar refractivity (Wildman–Crippen MR) is 61.4 cm³/mol. The Morgan fingerprint density at radius 1 is 1.24 bits per heavy atom. The minimum Gasteiger partial charge on any atom is -0.507 e. The van der Waals surface area contributed by atoms with E-state index in [9.17, 15) is 14.7 Å². The number of benzene rings is 1. The van der Waals surface area contributed by atoms with Crippen molar-refractivity contribution in [2.45, 2.75) is 20.8 Å². The highest BCUT2D eigenvalue weighted by Gasteiger charge is 2.30. The van der Waals surface area contributed by atoms with Gasteiger partial charge >= 0.3 is 0 Å². The fourth-order valence-corrected chi connectivity index (χ4v) is 1.72. The predicted octanol–water partition coefficient (Wildman–Crippen LogP) is 2.46. The Labute approximate surface area is 98.5 Å². The normalized spacial score (nSPS) is 13.4. The molecule has 0 fully saturated rings. The van der Waals surface area contributed by atoms with Crippen LogP contribution in [0, 0.1) is 0 Å². The van der Waals surface area contributed by atoms with Crippen molar-refractivity contribution in [1.82, 2.24) is 0 Å². The van der Waals surface area contributed by atoms with E-state index in [2.05, 4.69) is 0 Å². The van der Waals surface area contributed by atoms with Crippen LogP contribution in [0.3, 0.4) is 0 Å². The number of hydrogen-bond donors (Lipinski definition) is 1. The summed E-state index contributed by atoms with van der Waals surface area (Å²) in [6, 6.07) is 2.69. The van der Waals surface area contributed by atoms with Gasteiger partial charge in [0.15, 0.2) is 11.5 Å². The number of ether oxygens (including phenoxy) is 1. The maximum absolute atomic E-state index is 11.9. The highest BCUT2D eigenvalue weighted by Crippen LogP contribution is 2.37. The quantitative estimate of drug-likeness (QED) is 0.596. The summed E-state index contributed by atoms with van der Waals surface area (Å²) in [4.78, 5) is 23.2. The van der Waals surface area contributed by atoms with Crippen molar-refractivity contribution in [1.29, 1.82) is 0 Å². The number of phenolic OH excluding ortho intramolecular Hbond substituents is 1. The van der Waals surface area contributed by atoms with Gasteiger partial charge in [-0.3, -0.25) is 9.59 Å². The molecule has 1 aliphatic rings. The van der Waals surface area contributed by atoms with Gasteiger partial charge in [0.05, 0.1) is 11.1 Å². The Morgan fingerprint density at radius 3 is 2.41 bits per heavy atom. The van der Waals surface area contributed by atoms with Crippen LogP contribution < -0.4 is 4.74 Å². The Kier molecular flexibility index (Phi) is 2.50. The molecule has 17 heavy (non-hydrogen) atoms. The molecule has 1 heterocycles. The van der Waals surface area contributed by atoms with Crippen molar-refractivity contribution < 1.29 is 19.4 Å². The molecule has 88 valence electrons. The van der Waals surface area contributed by atoms with Gasteiger partial charge in [0, 0.05) is 6.07 Å². The number of aromatic hydroxyl groups is 1. The van der Waals surface area contributed by atoms with Crippen molar-refractivity contribution in [3.63, 3.8) is 0 Å². The highest BCUT2D eigenvalue weighted by molar-refractivity contribution is 6.14. The molecule has 2 rings (SSSR count). The van der Waals surface area contributed by atoms with Gasteiger partial charge < -0.3 is 9.84 Å². The number of ketones is 2. The average Bonchev–Trinajstić information content (AvgIpc) is 2.54. The molecule has 1 aliphatic heterocycles. The van der Waals surface area contributed by atoms with Gasteiger partial charge in [-0.15, -0.1) is 0 Å². The zero-order valence-corrected chi connectivity index (χ0v) is 9.83. The van der Waals surface area contributed by atoms with Crippen LogP contribution in [0.1, 0.15) is 41.5 Å². The van der Waals surface area contributed by atoms with E-state index in [1.54, 1.807) is 13.8 Å². The molecule has 1 aromatic rings. The second-order valence-electron chi connectivity index (χ2n) is 4.18. The van der Waals surface area contributed by atoms with E-state index in [1.807, 2.05) is 0 Å². The summed E-state index contributed by atoms with van der Waals surface area (Å²) in [5.74, 6) is -0.140. The molecule has 0 saturated heterocycles. The van der Waals surface area contributed by atoms with Gasteiger partial charge in [-0.25, -0.2) is 0 Å². The molecule has 0 radical (unpaired) electrons. The van der Waals surface area contributed by atoms with Crippen LogP contribution in [0.2, 0.25) is 0 Å². The van der Waals surface area contributed by atoms with E-state index >= 15 is 0 Å². The zero-order valence-electron chi connectivity index (χ0n) is 9.83. The monoisotopic (exact) mass is 232 g/mol. The molecule has 0 bridgehead atoms. The van der Waals surface area contributed by atoms with Gasteiger partial charge in [0.25, 0.3) is 0 Å². The van der Waals surface area contributed by atoms with Crippen molar-refractivity contribution in [2.24, 2.45) is 0 Å². The maximum Gasteiger partial charge on any atom is 0.231 e. The summed E-state index contributed by atoms with van der Waals surface area (Å²) in [7, 11) is 0. The highest BCUT2D eigenvalue weighted by atomic mass is 16.5. The van der Waals surface area contributed by atoms with Crippen LogP contribution in [0.15, 0.2) is 23.5 Å². The van der Waals surface area contributed by atoms with E-state index in [1.165, 1.54) is 19.1 Å². The number of hydrogen-bond acceptors (Lipinski definition) is 4. The lowest BCUT2D eigenvalue weighted by atomic mass is 10.0. The molecule has 0 atom stereocenters. The van der Waals surface area contributed by atoms with Crippen LogP contribution in [-0.4, -0.2) is 16.7 Å². The third-order valence-corrected chi connectivity index (χ3v) is 2.59. The maximum atomic E-state index is 11.9. The molecule has 0 aromatic heterocycles. The smallest absolute Gasteiger partial charge is 0.231 e. The van der Waals surface area contributed by atoms with Crippen LogP contribution in [0.5, 0.6) is 11.5 Å². The molecule has 1 N–H and O–H groups in total. The number of rotatable bonds is 1. The molecule has 0 saturated carbocycles. The fraction of sp³-hybridized carbons (Fsp3) is 0.231. The number of carbonyl (C=O) groups excluding carboxylic acids is 2. The van der Waals surface area contributed by atoms with Crippen molar-refractivity contribution in [3.05, 3.63) is 34.6 Å². The number of fused-ring (bicyclic) bond motifs is 1. The Bertz CT molecular complexity index is 563. The topological polar surface area (TPSA) is 63.6 Å². The minimum atomic E-state index is -0.288. The Hall–Kier alpha value is -2.10. The standard InChI is InChI=1S/C13H12O4/c1-6(2)13-12(16)9-4-8(7(3)14)10(15)5-11(9)17-13/h4-5,15H,1-3H3. The lowest BCUT2D eigenvalue weighted by Crippen LogP contribution is -2.01. The van der Waals surface area contributed by atoms with E-state index in [-0.39, 0.29) is 28.6 Å². The summed E-state index contributed by atoms with van der Waals surface area (Å²) < 4.78 is 5.35. The van der Waals surface area contributed by atoms with Crippen molar-refractivity contribution in [2.75, 3.05) is 0 Å². The van der Waals surface area contributed by atoms with Crippen LogP contribution in [0.25, 0.3) is 0 Å². The molecule has 0 amide bonds. The second-order valence-corrected chi connectivity index (χ2v) is 4.18. The zero-order chi connectivity index (χ0) is 12.7. The molecule has 0 unspecified atom stereocenters. The summed E-state index contributed by atoms with van der Waals surface area (Å²) in [5, 5.41) is 9.63. The van der Waals surface area contributed by atoms with Crippen LogP contribution in [-0.2, 0) is 0 Å². The summed E-state index contributed by atoms with van der Waals surface area (Å²) in [6.45, 7) is 4.87. The minimum absolute atomic E-state index is 0.135. The summed E-state index contributed by atoms with van der Waals surface area (Å²) >= 11 is 0. The molecule has 4 heteroatoms. The lowest BCUT2D eigenvalue weighted by molar-refractivity contribution is 0.101. The van der Waals surface area contributed by atoms with Crippen LogP contribution in [0.4, 0.5) is 0 Å². The first-order valence-electron chi connectivity index (χ1n) is 5.19. The van der Waals surface area contributed by atoms with E-state index < -0.39 is 0 Å². The van der Waals surface area contributed by atoms with Gasteiger partial charge in [-0.05, 0) is 32.4 Å². The third kappa shape index (κ3) is 1.71. The molecule has 0 spiro atoms. The first kappa shape index (κ1) is 11.4. The number of allylic oxidation sites excluding steroid dienone is 2. The van der Waals surface area contributed by atoms with Gasteiger partial charge in [0.2, 0.25) is 5.78 Å². The molecule has 1 aromatic carbocycles. The first-order valence-corrected chi connectivity index (χ1v) is 5.19. The van der Waals surface area contributed by atoms with E-state index in [4.69, 9.17) is 4.74 Å². The SMILES string of the molecule is CC(=O)c1cc2c(cc1O)OC(=C(C)C)C2=O. The van der Waals surface area contributed by atoms with Gasteiger partial charge in [0.1, 0.15) is 11.5 Å². The average molecular weight is 232 g/mol. The van der Waals surface area contributed by atoms with Gasteiger partial charge in [-0.2, -0.15) is 0 Å². The molecule has 0 aliphatic carbocycles. The van der Waals surface area contributed by atoms with E-state index in [0.717, 1.165) is 5.57 Å².